The van der Waals surface area contributed by atoms with Crippen LogP contribution in [0.5, 0.6) is 5.75 Å². The molecule has 7 nitrogen and oxygen atoms in total. The van der Waals surface area contributed by atoms with Crippen molar-refractivity contribution in [3.05, 3.63) is 18.2 Å². The summed E-state index contributed by atoms with van der Waals surface area (Å²) in [5, 5.41) is 18.6. The first-order chi connectivity index (χ1) is 9.34. The molecule has 5 N–H and O–H groups in total. The lowest BCUT2D eigenvalue weighted by molar-refractivity contribution is 0.105. The largest absolute Gasteiger partial charge is 0.495 e. The van der Waals surface area contributed by atoms with Gasteiger partial charge in [-0.15, -0.1) is 0 Å². The molecular weight excluding hydrogens is 284 g/mol. The number of rotatable bonds is 7. The summed E-state index contributed by atoms with van der Waals surface area (Å²) in [7, 11) is -2.53. The minimum atomic E-state index is -3.91. The Morgan fingerprint density at radius 1 is 1.35 bits per heavy atom. The second-order valence-electron chi connectivity index (χ2n) is 4.46. The zero-order valence-corrected chi connectivity index (χ0v) is 12.3. The van der Waals surface area contributed by atoms with Gasteiger partial charge >= 0.3 is 0 Å². The molecule has 1 rings (SSSR count). The van der Waals surface area contributed by atoms with E-state index in [9.17, 15) is 18.6 Å². The van der Waals surface area contributed by atoms with Crippen molar-refractivity contribution >= 4 is 15.7 Å². The third-order valence-electron chi connectivity index (χ3n) is 3.15. The molecule has 0 bridgehead atoms. The molecule has 1 aromatic carbocycles. The van der Waals surface area contributed by atoms with E-state index in [1.165, 1.54) is 25.3 Å². The van der Waals surface area contributed by atoms with Crippen molar-refractivity contribution in [2.24, 2.45) is 0 Å². The van der Waals surface area contributed by atoms with Gasteiger partial charge in [0.25, 0.3) is 0 Å². The lowest BCUT2D eigenvalue weighted by Gasteiger charge is -2.29. The number of hydrogen-bond acceptors (Lipinski definition) is 6. The Hall–Kier alpha value is -1.35. The third kappa shape index (κ3) is 3.40. The number of anilines is 1. The molecular formula is C12H20N2O5S. The number of aliphatic hydroxyl groups excluding tert-OH is 2. The van der Waals surface area contributed by atoms with Gasteiger partial charge in [-0.2, -0.15) is 0 Å². The van der Waals surface area contributed by atoms with Gasteiger partial charge in [-0.25, -0.2) is 13.1 Å². The van der Waals surface area contributed by atoms with Crippen LogP contribution >= 0.6 is 0 Å². The predicted molar refractivity (Wildman–Crippen MR) is 74.9 cm³/mol. The second-order valence-corrected chi connectivity index (χ2v) is 6.14. The van der Waals surface area contributed by atoms with Gasteiger partial charge in [0.1, 0.15) is 5.75 Å². The molecule has 0 heterocycles. The first-order valence-corrected chi connectivity index (χ1v) is 7.51. The van der Waals surface area contributed by atoms with E-state index in [1.54, 1.807) is 6.92 Å². The summed E-state index contributed by atoms with van der Waals surface area (Å²) in [6.07, 6.45) is 0.241. The SMILES string of the molecule is CCC(CO)(CO)NS(=O)(=O)c1ccc(N)c(OC)c1. The fourth-order valence-corrected chi connectivity index (χ4v) is 3.08. The van der Waals surface area contributed by atoms with Crippen LogP contribution in [0.3, 0.4) is 0 Å². The van der Waals surface area contributed by atoms with Crippen molar-refractivity contribution in [1.29, 1.82) is 0 Å². The number of methoxy groups -OCH3 is 1. The number of aliphatic hydroxyl groups is 2. The van der Waals surface area contributed by atoms with Crippen LogP contribution in [0.4, 0.5) is 5.69 Å². The van der Waals surface area contributed by atoms with Gasteiger partial charge in [-0.1, -0.05) is 6.92 Å². The Bertz CT molecular complexity index is 547. The molecule has 0 aliphatic carbocycles. The Morgan fingerprint density at radius 3 is 2.40 bits per heavy atom. The molecule has 20 heavy (non-hydrogen) atoms. The normalized spacial score (nSPS) is 12.4. The van der Waals surface area contributed by atoms with E-state index in [-0.39, 0.29) is 17.1 Å². The number of nitrogen functional groups attached to an aromatic ring is 1. The maximum Gasteiger partial charge on any atom is 0.241 e. The van der Waals surface area contributed by atoms with Crippen molar-refractivity contribution in [3.8, 4) is 5.75 Å². The van der Waals surface area contributed by atoms with Crippen LogP contribution in [0.25, 0.3) is 0 Å². The highest BCUT2D eigenvalue weighted by molar-refractivity contribution is 7.89. The maximum atomic E-state index is 12.3. The number of hydrogen-bond donors (Lipinski definition) is 4. The summed E-state index contributed by atoms with van der Waals surface area (Å²) >= 11 is 0. The number of benzene rings is 1. The van der Waals surface area contributed by atoms with E-state index in [0.717, 1.165) is 0 Å². The molecule has 0 amide bonds. The zero-order valence-electron chi connectivity index (χ0n) is 11.5. The molecule has 0 unspecified atom stereocenters. The van der Waals surface area contributed by atoms with Gasteiger partial charge in [-0.05, 0) is 18.6 Å². The number of nitrogens with one attached hydrogen (secondary N) is 1. The van der Waals surface area contributed by atoms with Crippen LogP contribution in [0.15, 0.2) is 23.1 Å². The average Bonchev–Trinajstić information content (AvgIpc) is 2.45. The Labute approximate surface area is 118 Å². The molecule has 0 saturated carbocycles. The van der Waals surface area contributed by atoms with Crippen LogP contribution < -0.4 is 15.2 Å². The smallest absolute Gasteiger partial charge is 0.241 e. The summed E-state index contributed by atoms with van der Waals surface area (Å²) in [5.74, 6) is 0.239. The highest BCUT2D eigenvalue weighted by Crippen LogP contribution is 2.25. The van der Waals surface area contributed by atoms with Crippen molar-refractivity contribution in [3.63, 3.8) is 0 Å². The van der Waals surface area contributed by atoms with Gasteiger partial charge in [0.15, 0.2) is 0 Å². The highest BCUT2D eigenvalue weighted by Gasteiger charge is 2.32. The van der Waals surface area contributed by atoms with Gasteiger partial charge in [0, 0.05) is 6.07 Å². The summed E-state index contributed by atoms with van der Waals surface area (Å²) in [6.45, 7) is 0.648. The molecule has 0 aromatic heterocycles. The van der Waals surface area contributed by atoms with E-state index < -0.39 is 28.8 Å². The van der Waals surface area contributed by atoms with Crippen molar-refractivity contribution in [1.82, 2.24) is 4.72 Å². The molecule has 0 aliphatic rings. The lowest BCUT2D eigenvalue weighted by Crippen LogP contribution is -2.53. The van der Waals surface area contributed by atoms with Crippen molar-refractivity contribution < 1.29 is 23.4 Å². The summed E-state index contributed by atoms with van der Waals surface area (Å²) < 4.78 is 31.8. The number of sulfonamides is 1. The molecule has 0 fully saturated rings. The summed E-state index contributed by atoms with van der Waals surface area (Å²) in [4.78, 5) is -0.0525. The van der Waals surface area contributed by atoms with Crippen molar-refractivity contribution in [2.45, 2.75) is 23.8 Å². The van der Waals surface area contributed by atoms with Gasteiger partial charge < -0.3 is 20.7 Å². The average molecular weight is 304 g/mol. The van der Waals surface area contributed by atoms with Crippen LogP contribution in [0.1, 0.15) is 13.3 Å². The van der Waals surface area contributed by atoms with Crippen LogP contribution in [0, 0.1) is 0 Å². The fraction of sp³-hybridized carbons (Fsp3) is 0.500. The minimum Gasteiger partial charge on any atom is -0.495 e. The van der Waals surface area contributed by atoms with Crippen molar-refractivity contribution in [2.75, 3.05) is 26.1 Å². The third-order valence-corrected chi connectivity index (χ3v) is 4.72. The molecule has 0 atom stereocenters. The Morgan fingerprint density at radius 2 is 1.95 bits per heavy atom. The quantitative estimate of drug-likeness (QED) is 0.513. The lowest BCUT2D eigenvalue weighted by atomic mass is 10.0. The summed E-state index contributed by atoms with van der Waals surface area (Å²) in [6, 6.07) is 4.03. The molecule has 0 aliphatic heterocycles. The van der Waals surface area contributed by atoms with E-state index in [0.29, 0.717) is 5.69 Å². The summed E-state index contributed by atoms with van der Waals surface area (Å²) in [5.41, 5.74) is 4.65. The monoisotopic (exact) mass is 304 g/mol. The van der Waals surface area contributed by atoms with Crippen LogP contribution in [-0.4, -0.2) is 44.5 Å². The van der Waals surface area contributed by atoms with Gasteiger partial charge in [-0.3, -0.25) is 0 Å². The number of nitrogens with two attached hydrogens (primary N) is 1. The van der Waals surface area contributed by atoms with E-state index >= 15 is 0 Å². The topological polar surface area (TPSA) is 122 Å². The van der Waals surface area contributed by atoms with Crippen LogP contribution in [-0.2, 0) is 10.0 Å². The molecule has 114 valence electrons. The maximum absolute atomic E-state index is 12.3. The van der Waals surface area contributed by atoms with Crippen LogP contribution in [0.2, 0.25) is 0 Å². The van der Waals surface area contributed by atoms with E-state index in [1.807, 2.05) is 0 Å². The minimum absolute atomic E-state index is 0.0525. The Balaban J connectivity index is 3.17. The number of ether oxygens (including phenoxy) is 1. The zero-order chi connectivity index (χ0) is 15.4. The fourth-order valence-electron chi connectivity index (χ4n) is 1.61. The van der Waals surface area contributed by atoms with Gasteiger partial charge in [0.2, 0.25) is 10.0 Å². The molecule has 0 saturated heterocycles. The van der Waals surface area contributed by atoms with E-state index in [4.69, 9.17) is 10.5 Å². The highest BCUT2D eigenvalue weighted by atomic mass is 32.2. The molecule has 8 heteroatoms. The molecule has 0 spiro atoms. The molecule has 1 aromatic rings. The van der Waals surface area contributed by atoms with E-state index in [2.05, 4.69) is 4.72 Å². The molecule has 0 radical (unpaired) electrons. The Kier molecular flexibility index (Phi) is 5.35. The first kappa shape index (κ1) is 16.7. The standard InChI is InChI=1S/C12H20N2O5S/c1-3-12(7-15,8-16)14-20(17,18)9-4-5-10(13)11(6-9)19-2/h4-6,14-16H,3,7-8,13H2,1-2H3. The second kappa shape index (κ2) is 6.40. The predicted octanol–water partition coefficient (Wildman–Crippen LogP) is -0.311. The first-order valence-electron chi connectivity index (χ1n) is 6.03. The van der Waals surface area contributed by atoms with Gasteiger partial charge in [0.05, 0.1) is 36.4 Å².